The van der Waals surface area contributed by atoms with Crippen LogP contribution >= 0.6 is 11.6 Å². The fourth-order valence-corrected chi connectivity index (χ4v) is 2.39. The topological polar surface area (TPSA) is 67.6 Å². The van der Waals surface area contributed by atoms with Crippen LogP contribution in [0.1, 0.15) is 12.8 Å². The zero-order chi connectivity index (χ0) is 14.5. The maximum absolute atomic E-state index is 11.9. The van der Waals surface area contributed by atoms with Crippen LogP contribution in [-0.4, -0.2) is 43.7 Å². The first-order valence-corrected chi connectivity index (χ1v) is 7.07. The van der Waals surface area contributed by atoms with E-state index in [4.69, 9.17) is 22.1 Å². The van der Waals surface area contributed by atoms with Gasteiger partial charge in [0, 0.05) is 18.8 Å². The third-order valence-electron chi connectivity index (χ3n) is 3.23. The minimum atomic E-state index is -0.0766. The van der Waals surface area contributed by atoms with Crippen LogP contribution in [0, 0.1) is 0 Å². The summed E-state index contributed by atoms with van der Waals surface area (Å²) in [6.07, 6.45) is 2.42. The molecule has 0 saturated carbocycles. The second-order valence-electron chi connectivity index (χ2n) is 5.12. The van der Waals surface area contributed by atoms with Crippen LogP contribution in [0.3, 0.4) is 0 Å². The number of carbonyl (C=O) groups is 1. The van der Waals surface area contributed by atoms with Crippen LogP contribution in [0.2, 0.25) is 5.02 Å². The van der Waals surface area contributed by atoms with Crippen molar-refractivity contribution in [1.29, 1.82) is 0 Å². The number of benzene rings is 1. The highest BCUT2D eigenvalue weighted by atomic mass is 35.5. The lowest BCUT2D eigenvalue weighted by Crippen LogP contribution is -2.35. The Bertz CT molecular complexity index is 475. The molecule has 1 aliphatic heterocycles. The lowest BCUT2D eigenvalue weighted by molar-refractivity contribution is -0.117. The molecule has 5 nitrogen and oxygen atoms in total. The molecule has 1 saturated heterocycles. The Morgan fingerprint density at radius 1 is 1.60 bits per heavy atom. The van der Waals surface area contributed by atoms with Crippen LogP contribution in [-0.2, 0) is 9.53 Å². The number of nitrogens with zero attached hydrogens (tertiary/aromatic N) is 1. The molecule has 0 bridgehead atoms. The van der Waals surface area contributed by atoms with Gasteiger partial charge in [0.05, 0.1) is 23.4 Å². The maximum atomic E-state index is 11.9. The molecule has 20 heavy (non-hydrogen) atoms. The molecular weight excluding hydrogens is 278 g/mol. The molecule has 1 amide bonds. The predicted octanol–water partition coefficient (Wildman–Crippen LogP) is 1.97. The molecule has 0 spiro atoms. The van der Waals surface area contributed by atoms with E-state index in [2.05, 4.69) is 5.32 Å². The van der Waals surface area contributed by atoms with Gasteiger partial charge in [0.1, 0.15) is 0 Å². The highest BCUT2D eigenvalue weighted by molar-refractivity contribution is 6.33. The number of rotatable bonds is 5. The molecule has 0 radical (unpaired) electrons. The number of nitrogens with one attached hydrogen (secondary N) is 1. The zero-order valence-corrected chi connectivity index (χ0v) is 12.3. The molecule has 0 aliphatic carbocycles. The van der Waals surface area contributed by atoms with Crippen molar-refractivity contribution in [2.75, 3.05) is 37.8 Å². The van der Waals surface area contributed by atoms with Gasteiger partial charge in [-0.2, -0.15) is 0 Å². The van der Waals surface area contributed by atoms with E-state index in [9.17, 15) is 4.79 Å². The molecule has 1 unspecified atom stereocenters. The quantitative estimate of drug-likeness (QED) is 0.816. The van der Waals surface area contributed by atoms with Crippen molar-refractivity contribution in [2.45, 2.75) is 18.9 Å². The summed E-state index contributed by atoms with van der Waals surface area (Å²) in [4.78, 5) is 13.9. The molecule has 1 heterocycles. The molecule has 2 rings (SSSR count). The first-order valence-electron chi connectivity index (χ1n) is 6.69. The number of likely N-dealkylation sites (N-methyl/N-ethyl adjacent to an activating group) is 1. The first-order chi connectivity index (χ1) is 9.54. The Labute approximate surface area is 124 Å². The Morgan fingerprint density at radius 3 is 3.05 bits per heavy atom. The van der Waals surface area contributed by atoms with E-state index in [0.717, 1.165) is 26.0 Å². The zero-order valence-electron chi connectivity index (χ0n) is 11.6. The molecule has 3 N–H and O–H groups in total. The number of ether oxygens (including phenoxy) is 1. The van der Waals surface area contributed by atoms with Gasteiger partial charge in [0.2, 0.25) is 5.91 Å². The molecule has 1 fully saturated rings. The van der Waals surface area contributed by atoms with Crippen LogP contribution < -0.4 is 11.1 Å². The largest absolute Gasteiger partial charge is 0.397 e. The normalized spacial score (nSPS) is 18.4. The van der Waals surface area contributed by atoms with Crippen molar-refractivity contribution in [3.8, 4) is 0 Å². The van der Waals surface area contributed by atoms with Crippen molar-refractivity contribution in [2.24, 2.45) is 0 Å². The average molecular weight is 298 g/mol. The Balaban J connectivity index is 1.80. The van der Waals surface area contributed by atoms with E-state index in [1.54, 1.807) is 18.2 Å². The van der Waals surface area contributed by atoms with Gasteiger partial charge in [0.25, 0.3) is 0 Å². The minimum absolute atomic E-state index is 0.0766. The summed E-state index contributed by atoms with van der Waals surface area (Å²) in [6.45, 7) is 1.92. The van der Waals surface area contributed by atoms with Crippen molar-refractivity contribution >= 4 is 28.9 Å². The Kier molecular flexibility index (Phi) is 5.23. The minimum Gasteiger partial charge on any atom is -0.397 e. The summed E-state index contributed by atoms with van der Waals surface area (Å²) in [5.74, 6) is -0.0766. The second kappa shape index (κ2) is 6.92. The smallest absolute Gasteiger partial charge is 0.238 e. The summed E-state index contributed by atoms with van der Waals surface area (Å²) in [6, 6.07) is 5.06. The Morgan fingerprint density at radius 2 is 2.40 bits per heavy atom. The Hall–Kier alpha value is -1.30. The van der Waals surface area contributed by atoms with E-state index < -0.39 is 0 Å². The first kappa shape index (κ1) is 15.1. The van der Waals surface area contributed by atoms with Gasteiger partial charge >= 0.3 is 0 Å². The van der Waals surface area contributed by atoms with E-state index in [1.165, 1.54) is 0 Å². The standard InChI is InChI=1S/C14H20ClN3O2/c1-18(8-11-3-2-6-20-11)9-14(19)17-10-4-5-12(15)13(16)7-10/h4-5,7,11H,2-3,6,8-9,16H2,1H3,(H,17,19). The third-order valence-corrected chi connectivity index (χ3v) is 3.58. The molecule has 6 heteroatoms. The van der Waals surface area contributed by atoms with E-state index in [0.29, 0.717) is 22.9 Å². The van der Waals surface area contributed by atoms with Crippen LogP contribution in [0.25, 0.3) is 0 Å². The number of anilines is 2. The molecule has 1 aromatic rings. The summed E-state index contributed by atoms with van der Waals surface area (Å²) < 4.78 is 5.55. The third kappa shape index (κ3) is 4.37. The maximum Gasteiger partial charge on any atom is 0.238 e. The number of hydrogen-bond acceptors (Lipinski definition) is 4. The molecule has 1 atom stereocenters. The van der Waals surface area contributed by atoms with Crippen LogP contribution in [0.5, 0.6) is 0 Å². The number of hydrogen-bond donors (Lipinski definition) is 2. The van der Waals surface area contributed by atoms with Gasteiger partial charge in [-0.15, -0.1) is 0 Å². The van der Waals surface area contributed by atoms with Gasteiger partial charge in [-0.3, -0.25) is 9.69 Å². The van der Waals surface area contributed by atoms with Gasteiger partial charge < -0.3 is 15.8 Å². The monoisotopic (exact) mass is 297 g/mol. The fourth-order valence-electron chi connectivity index (χ4n) is 2.27. The van der Waals surface area contributed by atoms with Gasteiger partial charge in [-0.1, -0.05) is 11.6 Å². The van der Waals surface area contributed by atoms with E-state index >= 15 is 0 Å². The summed E-state index contributed by atoms with van der Waals surface area (Å²) in [7, 11) is 1.91. The van der Waals surface area contributed by atoms with E-state index in [-0.39, 0.29) is 12.0 Å². The molecule has 1 aliphatic rings. The van der Waals surface area contributed by atoms with Crippen LogP contribution in [0.4, 0.5) is 11.4 Å². The summed E-state index contributed by atoms with van der Waals surface area (Å²) in [5, 5.41) is 3.29. The van der Waals surface area contributed by atoms with Gasteiger partial charge in [-0.25, -0.2) is 0 Å². The van der Waals surface area contributed by atoms with E-state index in [1.807, 2.05) is 11.9 Å². The number of nitrogen functional groups attached to an aromatic ring is 1. The fraction of sp³-hybridized carbons (Fsp3) is 0.500. The summed E-state index contributed by atoms with van der Waals surface area (Å²) >= 11 is 5.84. The molecule has 0 aromatic heterocycles. The van der Waals surface area contributed by atoms with Crippen molar-refractivity contribution < 1.29 is 9.53 Å². The highest BCUT2D eigenvalue weighted by Gasteiger charge is 2.18. The number of carbonyl (C=O) groups excluding carboxylic acids is 1. The molecule has 1 aromatic carbocycles. The SMILES string of the molecule is CN(CC(=O)Nc1ccc(Cl)c(N)c1)CC1CCCO1. The van der Waals surface area contributed by atoms with Crippen molar-refractivity contribution in [3.05, 3.63) is 23.2 Å². The number of amides is 1. The highest BCUT2D eigenvalue weighted by Crippen LogP contribution is 2.22. The summed E-state index contributed by atoms with van der Waals surface area (Å²) in [5.41, 5.74) is 6.81. The lowest BCUT2D eigenvalue weighted by Gasteiger charge is -2.20. The van der Waals surface area contributed by atoms with Crippen molar-refractivity contribution in [1.82, 2.24) is 4.90 Å². The molecular formula is C14H20ClN3O2. The van der Waals surface area contributed by atoms with Crippen LogP contribution in [0.15, 0.2) is 18.2 Å². The van der Waals surface area contributed by atoms with Gasteiger partial charge in [-0.05, 0) is 38.1 Å². The second-order valence-corrected chi connectivity index (χ2v) is 5.52. The number of halogens is 1. The lowest BCUT2D eigenvalue weighted by atomic mass is 10.2. The predicted molar refractivity (Wildman–Crippen MR) is 81.0 cm³/mol. The van der Waals surface area contributed by atoms with Gasteiger partial charge in [0.15, 0.2) is 0 Å². The molecule has 110 valence electrons. The van der Waals surface area contributed by atoms with Crippen molar-refractivity contribution in [3.63, 3.8) is 0 Å². The average Bonchev–Trinajstić information content (AvgIpc) is 2.86. The number of nitrogens with two attached hydrogens (primary N) is 1.